The van der Waals surface area contributed by atoms with E-state index in [1.54, 1.807) is 6.92 Å². The van der Waals surface area contributed by atoms with Gasteiger partial charge in [0.1, 0.15) is 24.6 Å². The SMILES string of the molecule is CC(=O)OCC1=C2[C@@H](OC(C)=O)C[C@@H](C)C(=O)CC[C@@]3(C)O[C@@H]3[C@H]2OC1=O. The van der Waals surface area contributed by atoms with Crippen LogP contribution in [-0.4, -0.2) is 54.2 Å². The molecule has 3 rings (SSSR count). The van der Waals surface area contributed by atoms with Crippen LogP contribution in [0.25, 0.3) is 0 Å². The molecule has 2 aliphatic heterocycles. The van der Waals surface area contributed by atoms with Crippen LogP contribution in [0.1, 0.15) is 47.0 Å². The number of hydrogen-bond donors (Lipinski definition) is 0. The summed E-state index contributed by atoms with van der Waals surface area (Å²) in [5.41, 5.74) is 0.00635. The molecule has 0 N–H and O–H groups in total. The highest BCUT2D eigenvalue weighted by Gasteiger charge is 2.62. The topological polar surface area (TPSA) is 108 Å². The number of hydrogen-bond acceptors (Lipinski definition) is 8. The first-order valence-electron chi connectivity index (χ1n) is 9.07. The summed E-state index contributed by atoms with van der Waals surface area (Å²) in [4.78, 5) is 47.8. The molecule has 8 nitrogen and oxygen atoms in total. The Kier molecular flexibility index (Phi) is 5.12. The molecular weight excluding hydrogens is 356 g/mol. The zero-order chi connectivity index (χ0) is 19.9. The molecule has 5 atom stereocenters. The van der Waals surface area contributed by atoms with Gasteiger partial charge in [0.25, 0.3) is 0 Å². The van der Waals surface area contributed by atoms with Crippen LogP contribution >= 0.6 is 0 Å². The van der Waals surface area contributed by atoms with Gasteiger partial charge in [0, 0.05) is 31.8 Å². The molecule has 1 saturated heterocycles. The Morgan fingerprint density at radius 2 is 1.93 bits per heavy atom. The lowest BCUT2D eigenvalue weighted by Gasteiger charge is -2.26. The molecule has 0 unspecified atom stereocenters. The predicted octanol–water partition coefficient (Wildman–Crippen LogP) is 1.25. The molecule has 0 spiro atoms. The molecule has 0 aromatic rings. The molecule has 0 amide bonds. The van der Waals surface area contributed by atoms with E-state index in [-0.39, 0.29) is 30.3 Å². The van der Waals surface area contributed by atoms with Gasteiger partial charge in [-0.15, -0.1) is 0 Å². The highest BCUT2D eigenvalue weighted by Crippen LogP contribution is 2.49. The van der Waals surface area contributed by atoms with Gasteiger partial charge in [-0.3, -0.25) is 14.4 Å². The second kappa shape index (κ2) is 7.07. The number of Topliss-reactive ketones (excluding diaryl/α,β-unsaturated/α-hetero) is 1. The second-order valence-electron chi connectivity index (χ2n) is 7.59. The van der Waals surface area contributed by atoms with Gasteiger partial charge in [0.15, 0.2) is 6.10 Å². The third-order valence-corrected chi connectivity index (χ3v) is 5.41. The van der Waals surface area contributed by atoms with Crippen molar-refractivity contribution in [2.24, 2.45) is 5.92 Å². The number of ketones is 1. The Bertz CT molecular complexity index is 723. The number of fused-ring (bicyclic) bond motifs is 3. The smallest absolute Gasteiger partial charge is 0.338 e. The molecule has 3 aliphatic rings. The van der Waals surface area contributed by atoms with Gasteiger partial charge < -0.3 is 18.9 Å². The molecule has 27 heavy (non-hydrogen) atoms. The quantitative estimate of drug-likeness (QED) is 0.409. The number of ether oxygens (including phenoxy) is 4. The summed E-state index contributed by atoms with van der Waals surface area (Å²) < 4.78 is 21.8. The number of esters is 3. The highest BCUT2D eigenvalue weighted by atomic mass is 16.6. The van der Waals surface area contributed by atoms with Crippen molar-refractivity contribution in [2.45, 2.75) is 70.9 Å². The number of carbonyl (C=O) groups is 4. The van der Waals surface area contributed by atoms with E-state index in [4.69, 9.17) is 18.9 Å². The fraction of sp³-hybridized carbons (Fsp3) is 0.684. The van der Waals surface area contributed by atoms with Crippen molar-refractivity contribution in [3.8, 4) is 0 Å². The minimum atomic E-state index is -0.824. The van der Waals surface area contributed by atoms with Crippen molar-refractivity contribution >= 4 is 23.7 Å². The van der Waals surface area contributed by atoms with Crippen LogP contribution < -0.4 is 0 Å². The zero-order valence-corrected chi connectivity index (χ0v) is 15.9. The standard InChI is InChI=1S/C19H24O8/c1-9-7-14(25-11(3)21)15-12(8-24-10(2)20)18(23)26-16(15)17-19(4,27-17)6-5-13(9)22/h9,14,16-17H,5-8H2,1-4H3/t9-,14+,16+,17-,19-/m1/s1. The molecule has 1 aliphatic carbocycles. The molecular formula is C19H24O8. The molecule has 1 saturated carbocycles. The lowest BCUT2D eigenvalue weighted by Crippen LogP contribution is -2.35. The van der Waals surface area contributed by atoms with Crippen LogP contribution in [0.5, 0.6) is 0 Å². The largest absolute Gasteiger partial charge is 0.461 e. The van der Waals surface area contributed by atoms with Gasteiger partial charge in [-0.05, 0) is 19.8 Å². The molecule has 8 heteroatoms. The summed E-state index contributed by atoms with van der Waals surface area (Å²) in [5.74, 6) is -2.02. The van der Waals surface area contributed by atoms with Crippen molar-refractivity contribution in [3.05, 3.63) is 11.1 Å². The van der Waals surface area contributed by atoms with Crippen molar-refractivity contribution < 1.29 is 38.1 Å². The van der Waals surface area contributed by atoms with Crippen molar-refractivity contribution in [1.29, 1.82) is 0 Å². The van der Waals surface area contributed by atoms with Gasteiger partial charge in [0.2, 0.25) is 0 Å². The van der Waals surface area contributed by atoms with Crippen LogP contribution in [0.3, 0.4) is 0 Å². The minimum Gasteiger partial charge on any atom is -0.461 e. The van der Waals surface area contributed by atoms with Gasteiger partial charge >= 0.3 is 17.9 Å². The lowest BCUT2D eigenvalue weighted by molar-refractivity contribution is -0.147. The van der Waals surface area contributed by atoms with E-state index in [2.05, 4.69) is 0 Å². The molecule has 2 heterocycles. The van der Waals surface area contributed by atoms with Gasteiger partial charge in [0.05, 0.1) is 11.2 Å². The summed E-state index contributed by atoms with van der Waals surface area (Å²) >= 11 is 0. The van der Waals surface area contributed by atoms with E-state index in [1.165, 1.54) is 13.8 Å². The van der Waals surface area contributed by atoms with Crippen molar-refractivity contribution in [3.63, 3.8) is 0 Å². The third kappa shape index (κ3) is 3.90. The van der Waals surface area contributed by atoms with Crippen LogP contribution in [0, 0.1) is 5.92 Å². The summed E-state index contributed by atoms with van der Waals surface area (Å²) in [6, 6.07) is 0. The van der Waals surface area contributed by atoms with Crippen LogP contribution in [0.4, 0.5) is 0 Å². The fourth-order valence-electron chi connectivity index (χ4n) is 3.81. The maximum absolute atomic E-state index is 12.5. The van der Waals surface area contributed by atoms with Crippen molar-refractivity contribution in [1.82, 2.24) is 0 Å². The maximum Gasteiger partial charge on any atom is 0.338 e. The first kappa shape index (κ1) is 19.5. The van der Waals surface area contributed by atoms with E-state index in [0.29, 0.717) is 18.4 Å². The minimum absolute atomic E-state index is 0.0495. The Hall–Kier alpha value is -2.22. The lowest BCUT2D eigenvalue weighted by atomic mass is 9.83. The maximum atomic E-state index is 12.5. The highest BCUT2D eigenvalue weighted by molar-refractivity contribution is 5.93. The van der Waals surface area contributed by atoms with Crippen LogP contribution in [0.15, 0.2) is 11.1 Å². The Morgan fingerprint density at radius 3 is 2.56 bits per heavy atom. The molecule has 0 aromatic heterocycles. The summed E-state index contributed by atoms with van der Waals surface area (Å²) in [6.07, 6.45) is -0.868. The van der Waals surface area contributed by atoms with E-state index < -0.39 is 41.8 Å². The monoisotopic (exact) mass is 380 g/mol. The van der Waals surface area contributed by atoms with Crippen LogP contribution in [-0.2, 0) is 38.1 Å². The number of epoxide rings is 1. The van der Waals surface area contributed by atoms with Gasteiger partial charge in [-0.2, -0.15) is 0 Å². The molecule has 0 aromatic carbocycles. The average molecular weight is 380 g/mol. The Morgan fingerprint density at radius 1 is 1.22 bits per heavy atom. The van der Waals surface area contributed by atoms with Crippen molar-refractivity contribution in [2.75, 3.05) is 6.61 Å². The fourth-order valence-corrected chi connectivity index (χ4v) is 3.81. The zero-order valence-electron chi connectivity index (χ0n) is 15.9. The number of carbonyl (C=O) groups excluding carboxylic acids is 4. The average Bonchev–Trinajstić information content (AvgIpc) is 3.12. The van der Waals surface area contributed by atoms with E-state index in [0.717, 1.165) is 0 Å². The molecule has 0 radical (unpaired) electrons. The molecule has 2 fully saturated rings. The van der Waals surface area contributed by atoms with Gasteiger partial charge in [-0.1, -0.05) is 6.92 Å². The number of rotatable bonds is 3. The first-order valence-corrected chi connectivity index (χ1v) is 9.07. The summed E-state index contributed by atoms with van der Waals surface area (Å²) in [7, 11) is 0. The molecule has 0 bridgehead atoms. The normalized spacial score (nSPS) is 35.7. The van der Waals surface area contributed by atoms with E-state index in [1.807, 2.05) is 6.92 Å². The Labute approximate surface area is 157 Å². The second-order valence-corrected chi connectivity index (χ2v) is 7.59. The summed E-state index contributed by atoms with van der Waals surface area (Å²) in [6.45, 7) is 5.87. The Balaban J connectivity index is 2.03. The van der Waals surface area contributed by atoms with E-state index >= 15 is 0 Å². The third-order valence-electron chi connectivity index (χ3n) is 5.41. The van der Waals surface area contributed by atoms with E-state index in [9.17, 15) is 19.2 Å². The molecule has 148 valence electrons. The summed E-state index contributed by atoms with van der Waals surface area (Å²) in [5, 5.41) is 0. The predicted molar refractivity (Wildman–Crippen MR) is 90.4 cm³/mol. The van der Waals surface area contributed by atoms with Crippen LogP contribution in [0.2, 0.25) is 0 Å². The first-order chi connectivity index (χ1) is 12.6. The van der Waals surface area contributed by atoms with Gasteiger partial charge in [-0.25, -0.2) is 4.79 Å².